The van der Waals surface area contributed by atoms with Gasteiger partial charge in [0.05, 0.1) is 12.7 Å². The molecule has 1 saturated heterocycles. The van der Waals surface area contributed by atoms with Crippen molar-refractivity contribution in [3.8, 4) is 0 Å². The second-order valence-corrected chi connectivity index (χ2v) is 6.67. The molecule has 1 amide bonds. The number of nitrogens with one attached hydrogen (secondary N) is 1. The highest BCUT2D eigenvalue weighted by Gasteiger charge is 2.36. The number of carbonyl (C=O) groups is 1. The van der Waals surface area contributed by atoms with Crippen molar-refractivity contribution in [1.29, 1.82) is 0 Å². The molecule has 1 aliphatic rings. The summed E-state index contributed by atoms with van der Waals surface area (Å²) in [6, 6.07) is 10.2. The fourth-order valence-corrected chi connectivity index (χ4v) is 2.31. The number of rotatable bonds is 5. The Labute approximate surface area is 126 Å². The van der Waals surface area contributed by atoms with E-state index in [4.69, 9.17) is 9.47 Å². The number of alkyl carbamates (subject to hydrolysis) is 1. The molecule has 21 heavy (non-hydrogen) atoms. The summed E-state index contributed by atoms with van der Waals surface area (Å²) < 4.78 is 10.7. The Balaban J connectivity index is 2.00. The number of hydrogen-bond donors (Lipinski definition) is 1. The van der Waals surface area contributed by atoms with Crippen LogP contribution in [-0.4, -0.2) is 30.4 Å². The third kappa shape index (κ3) is 5.38. The van der Waals surface area contributed by atoms with Gasteiger partial charge in [0.25, 0.3) is 0 Å². The third-order valence-electron chi connectivity index (χ3n) is 3.58. The predicted molar refractivity (Wildman–Crippen MR) is 82.2 cm³/mol. The first-order valence-electron chi connectivity index (χ1n) is 7.50. The first-order chi connectivity index (χ1) is 9.85. The van der Waals surface area contributed by atoms with Gasteiger partial charge in [-0.15, -0.1) is 0 Å². The Bertz CT molecular complexity index is 463. The van der Waals surface area contributed by atoms with Crippen molar-refractivity contribution in [3.05, 3.63) is 35.9 Å². The summed E-state index contributed by atoms with van der Waals surface area (Å²) >= 11 is 0. The van der Waals surface area contributed by atoms with Gasteiger partial charge in [-0.2, -0.15) is 0 Å². The molecule has 0 spiro atoms. The number of ether oxygens (including phenoxy) is 2. The molecule has 0 bridgehead atoms. The minimum atomic E-state index is -0.485. The van der Waals surface area contributed by atoms with Crippen LogP contribution in [0.2, 0.25) is 0 Å². The lowest BCUT2D eigenvalue weighted by Crippen LogP contribution is -2.45. The summed E-state index contributed by atoms with van der Waals surface area (Å²) in [5.41, 5.74) is 0.715. The molecule has 1 heterocycles. The zero-order valence-electron chi connectivity index (χ0n) is 13.3. The van der Waals surface area contributed by atoms with Crippen LogP contribution in [0.5, 0.6) is 0 Å². The van der Waals surface area contributed by atoms with Gasteiger partial charge in [-0.25, -0.2) is 4.79 Å². The van der Waals surface area contributed by atoms with Gasteiger partial charge in [0.15, 0.2) is 0 Å². The molecule has 1 aromatic rings. The van der Waals surface area contributed by atoms with Crippen LogP contribution < -0.4 is 5.32 Å². The fourth-order valence-electron chi connectivity index (χ4n) is 2.31. The molecule has 2 rings (SSSR count). The summed E-state index contributed by atoms with van der Waals surface area (Å²) in [5.74, 6) is 0.262. The van der Waals surface area contributed by atoms with Crippen molar-refractivity contribution in [1.82, 2.24) is 5.32 Å². The van der Waals surface area contributed by atoms with E-state index < -0.39 is 5.60 Å². The fraction of sp³-hybridized carbons (Fsp3) is 0.588. The number of epoxide rings is 1. The van der Waals surface area contributed by atoms with E-state index in [1.54, 1.807) is 0 Å². The van der Waals surface area contributed by atoms with E-state index in [9.17, 15) is 4.79 Å². The maximum absolute atomic E-state index is 12.0. The Morgan fingerprint density at radius 2 is 2.00 bits per heavy atom. The predicted octanol–water partition coefficient (Wildman–Crippen LogP) is 3.16. The van der Waals surface area contributed by atoms with E-state index in [0.717, 1.165) is 13.0 Å². The summed E-state index contributed by atoms with van der Waals surface area (Å²) in [7, 11) is 0. The quantitative estimate of drug-likeness (QED) is 0.848. The van der Waals surface area contributed by atoms with Crippen LogP contribution in [0.4, 0.5) is 4.79 Å². The molecule has 1 fully saturated rings. The van der Waals surface area contributed by atoms with Crippen molar-refractivity contribution < 1.29 is 14.3 Å². The van der Waals surface area contributed by atoms with E-state index >= 15 is 0 Å². The monoisotopic (exact) mass is 291 g/mol. The van der Waals surface area contributed by atoms with Gasteiger partial charge in [0, 0.05) is 12.0 Å². The van der Waals surface area contributed by atoms with Crippen LogP contribution in [0.3, 0.4) is 0 Å². The molecule has 1 aliphatic heterocycles. The molecule has 0 aromatic heterocycles. The molecule has 1 N–H and O–H groups in total. The van der Waals surface area contributed by atoms with Crippen molar-refractivity contribution in [2.24, 2.45) is 5.92 Å². The van der Waals surface area contributed by atoms with E-state index in [2.05, 4.69) is 24.4 Å². The van der Waals surface area contributed by atoms with Gasteiger partial charge in [-0.3, -0.25) is 0 Å². The van der Waals surface area contributed by atoms with Gasteiger partial charge in [0.1, 0.15) is 5.60 Å². The zero-order valence-corrected chi connectivity index (χ0v) is 13.3. The smallest absolute Gasteiger partial charge is 0.407 e. The van der Waals surface area contributed by atoms with E-state index in [1.807, 2.05) is 39.0 Å². The lowest BCUT2D eigenvalue weighted by atomic mass is 9.92. The Morgan fingerprint density at radius 1 is 1.38 bits per heavy atom. The molecule has 0 saturated carbocycles. The summed E-state index contributed by atoms with van der Waals surface area (Å²) in [6.07, 6.45) is 0.658. The molecule has 0 radical (unpaired) electrons. The van der Waals surface area contributed by atoms with E-state index in [1.165, 1.54) is 5.56 Å². The molecule has 4 heteroatoms. The van der Waals surface area contributed by atoms with Crippen LogP contribution >= 0.6 is 0 Å². The standard InChI is InChI=1S/C17H25NO3/c1-12(15-11-20-15)14(10-13-8-6-5-7-9-13)18-16(19)21-17(2,3)4/h5-9,12,14-15H,10-11H2,1-4H3,(H,18,19). The van der Waals surface area contributed by atoms with Gasteiger partial charge < -0.3 is 14.8 Å². The summed E-state index contributed by atoms with van der Waals surface area (Å²) in [5, 5.41) is 3.00. The van der Waals surface area contributed by atoms with Crippen LogP contribution in [0.1, 0.15) is 33.3 Å². The van der Waals surface area contributed by atoms with Crippen molar-refractivity contribution in [2.45, 2.75) is 51.9 Å². The molecule has 3 unspecified atom stereocenters. The van der Waals surface area contributed by atoms with Crippen molar-refractivity contribution in [3.63, 3.8) is 0 Å². The highest BCUT2D eigenvalue weighted by molar-refractivity contribution is 5.68. The SMILES string of the molecule is CC(C(Cc1ccccc1)NC(=O)OC(C)(C)C)C1CO1. The maximum atomic E-state index is 12.0. The highest BCUT2D eigenvalue weighted by atomic mass is 16.6. The largest absolute Gasteiger partial charge is 0.444 e. The number of amides is 1. The van der Waals surface area contributed by atoms with Gasteiger partial charge in [-0.1, -0.05) is 37.3 Å². The van der Waals surface area contributed by atoms with Crippen LogP contribution in [0.25, 0.3) is 0 Å². The van der Waals surface area contributed by atoms with Gasteiger partial charge >= 0.3 is 6.09 Å². The number of benzene rings is 1. The van der Waals surface area contributed by atoms with E-state index in [0.29, 0.717) is 0 Å². The number of hydrogen-bond acceptors (Lipinski definition) is 3. The average molecular weight is 291 g/mol. The average Bonchev–Trinajstić information content (AvgIpc) is 3.20. The first-order valence-corrected chi connectivity index (χ1v) is 7.50. The second-order valence-electron chi connectivity index (χ2n) is 6.67. The van der Waals surface area contributed by atoms with E-state index in [-0.39, 0.29) is 24.2 Å². The minimum Gasteiger partial charge on any atom is -0.444 e. The van der Waals surface area contributed by atoms with Crippen LogP contribution in [-0.2, 0) is 15.9 Å². The maximum Gasteiger partial charge on any atom is 0.407 e. The molecular weight excluding hydrogens is 266 g/mol. The van der Waals surface area contributed by atoms with Crippen LogP contribution in [0, 0.1) is 5.92 Å². The molecule has 1 aromatic carbocycles. The summed E-state index contributed by atoms with van der Waals surface area (Å²) in [6.45, 7) is 8.50. The molecule has 116 valence electrons. The van der Waals surface area contributed by atoms with Gasteiger partial charge in [-0.05, 0) is 32.8 Å². The molecule has 4 nitrogen and oxygen atoms in total. The Morgan fingerprint density at radius 3 is 2.52 bits per heavy atom. The zero-order chi connectivity index (χ0) is 15.5. The lowest BCUT2D eigenvalue weighted by molar-refractivity contribution is 0.0483. The lowest BCUT2D eigenvalue weighted by Gasteiger charge is -2.27. The molecular formula is C17H25NO3. The number of carbonyl (C=O) groups excluding carboxylic acids is 1. The first kappa shape index (κ1) is 15.8. The third-order valence-corrected chi connectivity index (χ3v) is 3.58. The summed E-state index contributed by atoms with van der Waals surface area (Å²) in [4.78, 5) is 12.0. The topological polar surface area (TPSA) is 50.9 Å². The molecule has 0 aliphatic carbocycles. The normalized spacial score (nSPS) is 20.5. The Hall–Kier alpha value is -1.55. The van der Waals surface area contributed by atoms with Gasteiger partial charge in [0.2, 0.25) is 0 Å². The molecule has 3 atom stereocenters. The Kier molecular flexibility index (Phi) is 4.88. The second kappa shape index (κ2) is 6.48. The van der Waals surface area contributed by atoms with Crippen molar-refractivity contribution >= 4 is 6.09 Å². The highest BCUT2D eigenvalue weighted by Crippen LogP contribution is 2.25. The minimum absolute atomic E-state index is 0.00903. The van der Waals surface area contributed by atoms with Crippen LogP contribution in [0.15, 0.2) is 30.3 Å². The van der Waals surface area contributed by atoms with Crippen molar-refractivity contribution in [2.75, 3.05) is 6.61 Å².